The van der Waals surface area contributed by atoms with E-state index in [1.807, 2.05) is 36.4 Å². The van der Waals surface area contributed by atoms with Crippen molar-refractivity contribution in [2.24, 2.45) is 0 Å². The number of nitrogens with one attached hydrogen (secondary N) is 1. The van der Waals surface area contributed by atoms with Crippen LogP contribution in [-0.4, -0.2) is 48.2 Å². The zero-order valence-corrected chi connectivity index (χ0v) is 18.1. The molecule has 160 valence electrons. The van der Waals surface area contributed by atoms with Gasteiger partial charge in [-0.25, -0.2) is 4.85 Å². The maximum Gasteiger partial charge on any atom is 0.188 e. The minimum absolute atomic E-state index is 0.253. The van der Waals surface area contributed by atoms with E-state index in [2.05, 4.69) is 25.3 Å². The normalized spacial score (nSPS) is 14.5. The minimum Gasteiger partial charge on any atom is -0.495 e. The Kier molecular flexibility index (Phi) is 6.40. The maximum absolute atomic E-state index is 9.82. The molecule has 1 aromatic heterocycles. The van der Waals surface area contributed by atoms with Crippen molar-refractivity contribution < 1.29 is 9.84 Å². The molecule has 3 aromatic rings. The number of piperidine rings is 1. The number of aromatic nitrogens is 2. The van der Waals surface area contributed by atoms with Crippen molar-refractivity contribution in [3.8, 4) is 5.75 Å². The van der Waals surface area contributed by atoms with Gasteiger partial charge in [-0.2, -0.15) is 0 Å². The summed E-state index contributed by atoms with van der Waals surface area (Å²) < 4.78 is 5.20. The molecule has 2 heterocycles. The molecule has 2 aromatic carbocycles. The molecule has 0 atom stereocenters. The summed E-state index contributed by atoms with van der Waals surface area (Å²) in [6.07, 6.45) is 1.93. The van der Waals surface area contributed by atoms with Gasteiger partial charge >= 0.3 is 0 Å². The molecule has 4 rings (SSSR count). The van der Waals surface area contributed by atoms with Gasteiger partial charge in [0, 0.05) is 30.4 Å². The van der Waals surface area contributed by atoms with Crippen molar-refractivity contribution in [2.45, 2.75) is 25.4 Å². The Morgan fingerprint density at radius 1 is 1.19 bits per heavy atom. The number of ether oxygens (including phenoxy) is 1. The SMILES string of the molecule is [C-]#[N+]c1ccc2c(N3CCC(O)CC3)nnc(NCCc3ccc(OC)c(Cl)c3)c2c1. The van der Waals surface area contributed by atoms with Crippen molar-refractivity contribution in [3.05, 3.63) is 58.4 Å². The van der Waals surface area contributed by atoms with E-state index in [0.29, 0.717) is 41.7 Å². The fourth-order valence-corrected chi connectivity index (χ4v) is 4.11. The van der Waals surface area contributed by atoms with Gasteiger partial charge < -0.3 is 20.1 Å². The molecule has 2 N–H and O–H groups in total. The van der Waals surface area contributed by atoms with E-state index in [9.17, 15) is 5.11 Å². The Morgan fingerprint density at radius 3 is 2.71 bits per heavy atom. The molecule has 0 radical (unpaired) electrons. The standard InChI is InChI=1S/C23H24ClN5O2/c1-25-16-4-5-18-19(14-16)22(27-28-23(18)29-11-8-17(30)9-12-29)26-10-7-15-3-6-21(31-2)20(24)13-15/h3-6,13-14,17,30H,7-12H2,2H3,(H,26,27). The molecule has 1 aliphatic rings. The third-order valence-corrected chi connectivity index (χ3v) is 5.85. The average Bonchev–Trinajstić information content (AvgIpc) is 2.79. The molecule has 1 fully saturated rings. The second-order valence-corrected chi connectivity index (χ2v) is 7.99. The Hall–Kier alpha value is -3.08. The smallest absolute Gasteiger partial charge is 0.188 e. The first-order chi connectivity index (χ1) is 15.1. The molecular weight excluding hydrogens is 414 g/mol. The lowest BCUT2D eigenvalue weighted by Gasteiger charge is -2.31. The summed E-state index contributed by atoms with van der Waals surface area (Å²) in [5.41, 5.74) is 1.64. The highest BCUT2D eigenvalue weighted by molar-refractivity contribution is 6.32. The van der Waals surface area contributed by atoms with Gasteiger partial charge in [0.25, 0.3) is 0 Å². The monoisotopic (exact) mass is 437 g/mol. The van der Waals surface area contributed by atoms with Crippen LogP contribution in [0.4, 0.5) is 17.3 Å². The summed E-state index contributed by atoms with van der Waals surface area (Å²) in [7, 11) is 1.60. The van der Waals surface area contributed by atoms with Crippen LogP contribution >= 0.6 is 11.6 Å². The third-order valence-electron chi connectivity index (χ3n) is 5.56. The van der Waals surface area contributed by atoms with Crippen LogP contribution in [0.3, 0.4) is 0 Å². The highest BCUT2D eigenvalue weighted by Gasteiger charge is 2.21. The lowest BCUT2D eigenvalue weighted by atomic mass is 10.1. The lowest BCUT2D eigenvalue weighted by molar-refractivity contribution is 0.145. The van der Waals surface area contributed by atoms with Gasteiger partial charge in [-0.05, 0) is 43.0 Å². The quantitative estimate of drug-likeness (QED) is 0.554. The molecule has 0 saturated carbocycles. The number of hydrogen-bond acceptors (Lipinski definition) is 6. The van der Waals surface area contributed by atoms with Crippen LogP contribution in [0.1, 0.15) is 18.4 Å². The fraction of sp³-hybridized carbons (Fsp3) is 0.348. The number of benzene rings is 2. The molecule has 0 bridgehead atoms. The second-order valence-electron chi connectivity index (χ2n) is 7.58. The maximum atomic E-state index is 9.82. The largest absolute Gasteiger partial charge is 0.495 e. The van der Waals surface area contributed by atoms with Crippen molar-refractivity contribution >= 4 is 39.7 Å². The molecular formula is C23H24ClN5O2. The van der Waals surface area contributed by atoms with Gasteiger partial charge in [-0.3, -0.25) is 0 Å². The van der Waals surface area contributed by atoms with E-state index in [1.54, 1.807) is 7.11 Å². The van der Waals surface area contributed by atoms with Crippen molar-refractivity contribution in [1.29, 1.82) is 0 Å². The Labute approximate surface area is 186 Å². The molecule has 0 spiro atoms. The van der Waals surface area contributed by atoms with Gasteiger partial charge in [0.15, 0.2) is 17.3 Å². The zero-order valence-electron chi connectivity index (χ0n) is 17.3. The number of aliphatic hydroxyl groups excluding tert-OH is 1. The van der Waals surface area contributed by atoms with Gasteiger partial charge in [0.1, 0.15) is 5.75 Å². The summed E-state index contributed by atoms with van der Waals surface area (Å²) in [6, 6.07) is 11.3. The number of anilines is 2. The summed E-state index contributed by atoms with van der Waals surface area (Å²) in [6.45, 7) is 9.49. The van der Waals surface area contributed by atoms with E-state index in [0.717, 1.165) is 41.7 Å². The van der Waals surface area contributed by atoms with Crippen LogP contribution in [0.25, 0.3) is 15.6 Å². The first kappa shape index (κ1) is 21.2. The number of rotatable bonds is 6. The predicted molar refractivity (Wildman–Crippen MR) is 123 cm³/mol. The lowest BCUT2D eigenvalue weighted by Crippen LogP contribution is -2.36. The zero-order chi connectivity index (χ0) is 21.8. The van der Waals surface area contributed by atoms with Crippen molar-refractivity contribution in [1.82, 2.24) is 10.2 Å². The second kappa shape index (κ2) is 9.38. The van der Waals surface area contributed by atoms with Crippen molar-refractivity contribution in [2.75, 3.05) is 37.0 Å². The number of nitrogens with zero attached hydrogens (tertiary/aromatic N) is 4. The number of aliphatic hydroxyl groups is 1. The molecule has 0 aliphatic carbocycles. The number of fused-ring (bicyclic) bond motifs is 1. The number of hydrogen-bond donors (Lipinski definition) is 2. The summed E-state index contributed by atoms with van der Waals surface area (Å²) in [5.74, 6) is 2.11. The average molecular weight is 438 g/mol. The van der Waals surface area contributed by atoms with Crippen molar-refractivity contribution in [3.63, 3.8) is 0 Å². The Bertz CT molecular complexity index is 1120. The molecule has 1 aliphatic heterocycles. The van der Waals surface area contributed by atoms with Crippen LogP contribution in [0.2, 0.25) is 5.02 Å². The fourth-order valence-electron chi connectivity index (χ4n) is 3.83. The van der Waals surface area contributed by atoms with Gasteiger partial charge in [-0.1, -0.05) is 29.8 Å². The van der Waals surface area contributed by atoms with E-state index in [-0.39, 0.29) is 6.10 Å². The van der Waals surface area contributed by atoms with E-state index >= 15 is 0 Å². The molecule has 31 heavy (non-hydrogen) atoms. The van der Waals surface area contributed by atoms with E-state index < -0.39 is 0 Å². The summed E-state index contributed by atoms with van der Waals surface area (Å²) in [5, 5.41) is 24.5. The number of halogens is 1. The van der Waals surface area contributed by atoms with E-state index in [1.165, 1.54) is 0 Å². The van der Waals surface area contributed by atoms with Gasteiger partial charge in [0.05, 0.1) is 24.8 Å². The highest BCUT2D eigenvalue weighted by atomic mass is 35.5. The minimum atomic E-state index is -0.253. The molecule has 1 saturated heterocycles. The molecule has 0 unspecified atom stereocenters. The Morgan fingerprint density at radius 2 is 2.00 bits per heavy atom. The molecule has 8 heteroatoms. The first-order valence-electron chi connectivity index (χ1n) is 10.3. The first-order valence-corrected chi connectivity index (χ1v) is 10.6. The topological polar surface area (TPSA) is 74.9 Å². The summed E-state index contributed by atoms with van der Waals surface area (Å²) >= 11 is 6.22. The summed E-state index contributed by atoms with van der Waals surface area (Å²) in [4.78, 5) is 5.72. The molecule has 0 amide bonds. The molecule has 7 nitrogen and oxygen atoms in total. The van der Waals surface area contributed by atoms with Crippen LogP contribution in [0.15, 0.2) is 36.4 Å². The van der Waals surface area contributed by atoms with Crippen LogP contribution in [0, 0.1) is 6.57 Å². The Balaban J connectivity index is 1.56. The van der Waals surface area contributed by atoms with Crippen LogP contribution in [-0.2, 0) is 6.42 Å². The van der Waals surface area contributed by atoms with Crippen LogP contribution < -0.4 is 15.0 Å². The predicted octanol–water partition coefficient (Wildman–Crippen LogP) is 4.46. The van der Waals surface area contributed by atoms with Crippen LogP contribution in [0.5, 0.6) is 5.75 Å². The van der Waals surface area contributed by atoms with Gasteiger partial charge in [0.2, 0.25) is 0 Å². The van der Waals surface area contributed by atoms with E-state index in [4.69, 9.17) is 22.9 Å². The highest BCUT2D eigenvalue weighted by Crippen LogP contribution is 2.33. The third kappa shape index (κ3) is 4.66. The van der Waals surface area contributed by atoms with Gasteiger partial charge in [-0.15, -0.1) is 10.2 Å². The number of methoxy groups -OCH3 is 1.